The number of carbonyl (C=O) groups is 2. The molecule has 3 aromatic heterocycles. The van der Waals surface area contributed by atoms with Crippen molar-refractivity contribution in [2.24, 2.45) is 0 Å². The van der Waals surface area contributed by atoms with Crippen molar-refractivity contribution < 1.29 is 28.6 Å². The van der Waals surface area contributed by atoms with Gasteiger partial charge in [0.05, 0.1) is 21.2 Å². The zero-order valence-corrected chi connectivity index (χ0v) is 18.3. The summed E-state index contributed by atoms with van der Waals surface area (Å²) >= 11 is 1.34. The first-order chi connectivity index (χ1) is 15.4. The van der Waals surface area contributed by atoms with E-state index in [4.69, 9.17) is 13.9 Å². The highest BCUT2D eigenvalue weighted by Gasteiger charge is 2.28. The summed E-state index contributed by atoms with van der Waals surface area (Å²) in [7, 11) is 1.66. The minimum atomic E-state index is -1.03. The Bertz CT molecular complexity index is 1360. The number of aromatic nitrogens is 1. The van der Waals surface area contributed by atoms with Crippen LogP contribution in [0.25, 0.3) is 21.2 Å². The number of thiophene rings is 1. The van der Waals surface area contributed by atoms with Crippen LogP contribution in [0, 0.1) is 6.92 Å². The van der Waals surface area contributed by atoms with Crippen molar-refractivity contribution in [1.29, 1.82) is 0 Å². The maximum absolute atomic E-state index is 12.9. The fourth-order valence-electron chi connectivity index (χ4n) is 4.02. The van der Waals surface area contributed by atoms with Gasteiger partial charge in [0.1, 0.15) is 28.4 Å². The molecule has 1 aromatic carbocycles. The molecule has 164 valence electrons. The minimum Gasteiger partial charge on any atom is -0.478 e. The average molecular weight is 452 g/mol. The third-order valence-electron chi connectivity index (χ3n) is 5.63. The Morgan fingerprint density at radius 1 is 1.28 bits per heavy atom. The number of aromatic carboxylic acids is 1. The lowest BCUT2D eigenvalue weighted by atomic mass is 10.1. The van der Waals surface area contributed by atoms with Crippen LogP contribution < -0.4 is 4.74 Å². The molecule has 8 nitrogen and oxygen atoms in total. The molecule has 32 heavy (non-hydrogen) atoms. The van der Waals surface area contributed by atoms with Crippen LogP contribution >= 0.6 is 11.3 Å². The molecule has 0 radical (unpaired) electrons. The maximum atomic E-state index is 12.9. The van der Waals surface area contributed by atoms with Gasteiger partial charge in [-0.1, -0.05) is 0 Å². The predicted octanol–water partition coefficient (Wildman–Crippen LogP) is 4.70. The summed E-state index contributed by atoms with van der Waals surface area (Å²) in [6, 6.07) is 8.56. The van der Waals surface area contributed by atoms with Crippen LogP contribution in [-0.4, -0.2) is 53.2 Å². The van der Waals surface area contributed by atoms with Crippen molar-refractivity contribution >= 4 is 44.4 Å². The molecule has 4 aromatic rings. The number of pyridine rings is 1. The number of hydrogen-bond acceptors (Lipinski definition) is 7. The molecule has 0 bridgehead atoms. The molecule has 0 unspecified atom stereocenters. The topological polar surface area (TPSA) is 102 Å². The normalized spacial score (nSPS) is 16.2. The zero-order chi connectivity index (χ0) is 22.4. The lowest BCUT2D eigenvalue weighted by Crippen LogP contribution is -2.29. The molecule has 1 N–H and O–H groups in total. The first-order valence-corrected chi connectivity index (χ1v) is 10.9. The van der Waals surface area contributed by atoms with E-state index >= 15 is 0 Å². The molecule has 0 aliphatic carbocycles. The molecule has 1 fully saturated rings. The summed E-state index contributed by atoms with van der Waals surface area (Å²) in [6.07, 6.45) is 2.54. The number of methoxy groups -OCH3 is 1. The average Bonchev–Trinajstić information content (AvgIpc) is 3.49. The monoisotopic (exact) mass is 452 g/mol. The number of furan rings is 1. The van der Waals surface area contributed by atoms with Crippen LogP contribution in [-0.2, 0) is 4.74 Å². The highest BCUT2D eigenvalue weighted by atomic mass is 32.1. The van der Waals surface area contributed by atoms with E-state index in [2.05, 4.69) is 4.98 Å². The molecule has 1 saturated heterocycles. The van der Waals surface area contributed by atoms with Gasteiger partial charge in [-0.25, -0.2) is 4.79 Å². The number of carboxylic acid groups (broad SMARTS) is 1. The summed E-state index contributed by atoms with van der Waals surface area (Å²) < 4.78 is 17.8. The quantitative estimate of drug-likeness (QED) is 0.468. The van der Waals surface area contributed by atoms with E-state index in [1.165, 1.54) is 11.3 Å². The summed E-state index contributed by atoms with van der Waals surface area (Å²) in [5.41, 5.74) is 1.27. The van der Waals surface area contributed by atoms with Gasteiger partial charge >= 0.3 is 5.97 Å². The number of rotatable bonds is 5. The van der Waals surface area contributed by atoms with E-state index in [0.29, 0.717) is 51.7 Å². The first-order valence-electron chi connectivity index (χ1n) is 10.1. The number of amides is 1. The van der Waals surface area contributed by atoms with Crippen molar-refractivity contribution in [3.63, 3.8) is 0 Å². The number of benzene rings is 1. The smallest absolute Gasteiger partial charge is 0.339 e. The second kappa shape index (κ2) is 7.92. The molecular formula is C23H20N2O6S. The minimum absolute atomic E-state index is 0.0350. The highest BCUT2D eigenvalue weighted by molar-refractivity contribution is 7.21. The van der Waals surface area contributed by atoms with E-state index in [1.807, 2.05) is 0 Å². The number of aryl methyl sites for hydroxylation is 1. The molecule has 1 atom stereocenters. The SMILES string of the molecule is CO[C@@H]1CCN(C(=O)c2cc3nccc(Oc4ccc5c(C(=O)O)c(C)oc5c4)c3s2)C1. The molecule has 1 aliphatic heterocycles. The zero-order valence-electron chi connectivity index (χ0n) is 17.5. The van der Waals surface area contributed by atoms with Gasteiger partial charge in [0.2, 0.25) is 0 Å². The molecule has 0 spiro atoms. The van der Waals surface area contributed by atoms with E-state index in [-0.39, 0.29) is 17.6 Å². The maximum Gasteiger partial charge on any atom is 0.339 e. The second-order valence-electron chi connectivity index (χ2n) is 7.63. The molecule has 4 heterocycles. The van der Waals surface area contributed by atoms with E-state index in [1.54, 1.807) is 55.5 Å². The summed E-state index contributed by atoms with van der Waals surface area (Å²) in [4.78, 5) is 31.2. The molecular weight excluding hydrogens is 432 g/mol. The summed E-state index contributed by atoms with van der Waals surface area (Å²) in [6.45, 7) is 2.88. The second-order valence-corrected chi connectivity index (χ2v) is 8.68. The van der Waals surface area contributed by atoms with Crippen LogP contribution in [0.15, 0.2) is 40.9 Å². The number of carbonyl (C=O) groups excluding carboxylic acids is 1. The number of fused-ring (bicyclic) bond motifs is 2. The molecule has 5 rings (SSSR count). The fourth-order valence-corrected chi connectivity index (χ4v) is 5.05. The first kappa shape index (κ1) is 20.5. The van der Waals surface area contributed by atoms with Crippen LogP contribution in [0.5, 0.6) is 11.5 Å². The number of likely N-dealkylation sites (tertiary alicyclic amines) is 1. The largest absolute Gasteiger partial charge is 0.478 e. The van der Waals surface area contributed by atoms with Gasteiger partial charge < -0.3 is 23.9 Å². The molecule has 1 amide bonds. The van der Waals surface area contributed by atoms with Gasteiger partial charge in [-0.05, 0) is 31.5 Å². The number of ether oxygens (including phenoxy) is 2. The van der Waals surface area contributed by atoms with E-state index < -0.39 is 5.97 Å². The van der Waals surface area contributed by atoms with Crippen LogP contribution in [0.2, 0.25) is 0 Å². The van der Waals surface area contributed by atoms with Gasteiger partial charge in [0.15, 0.2) is 0 Å². The van der Waals surface area contributed by atoms with Crippen LogP contribution in [0.1, 0.15) is 32.2 Å². The Morgan fingerprint density at radius 3 is 2.88 bits per heavy atom. The third-order valence-corrected chi connectivity index (χ3v) is 6.76. The Morgan fingerprint density at radius 2 is 2.12 bits per heavy atom. The van der Waals surface area contributed by atoms with Crippen molar-refractivity contribution in [1.82, 2.24) is 9.88 Å². The molecule has 9 heteroatoms. The number of nitrogens with zero attached hydrogens (tertiary/aromatic N) is 2. The lowest BCUT2D eigenvalue weighted by molar-refractivity contribution is 0.0695. The van der Waals surface area contributed by atoms with Gasteiger partial charge in [0.25, 0.3) is 5.91 Å². The van der Waals surface area contributed by atoms with Gasteiger partial charge in [-0.15, -0.1) is 11.3 Å². The van der Waals surface area contributed by atoms with Crippen molar-refractivity contribution in [3.05, 3.63) is 52.7 Å². The van der Waals surface area contributed by atoms with Gasteiger partial charge in [0, 0.05) is 43.9 Å². The van der Waals surface area contributed by atoms with Crippen LogP contribution in [0.3, 0.4) is 0 Å². The van der Waals surface area contributed by atoms with Crippen molar-refractivity contribution in [3.8, 4) is 11.5 Å². The molecule has 1 aliphatic rings. The summed E-state index contributed by atoms with van der Waals surface area (Å²) in [5.74, 6) is 0.342. The van der Waals surface area contributed by atoms with Crippen molar-refractivity contribution in [2.45, 2.75) is 19.4 Å². The highest BCUT2D eigenvalue weighted by Crippen LogP contribution is 2.37. The van der Waals surface area contributed by atoms with E-state index in [9.17, 15) is 14.7 Å². The Labute approximate surface area is 187 Å². The number of carboxylic acids is 1. The van der Waals surface area contributed by atoms with Gasteiger partial charge in [-0.2, -0.15) is 0 Å². The standard InChI is InChI=1S/C23H20N2O6S/c1-12-20(23(27)28)15-4-3-13(9-18(15)30-12)31-17-5-7-24-16-10-19(32-21(16)17)22(26)25-8-6-14(11-25)29-2/h3-5,7,9-10,14H,6,8,11H2,1-2H3,(H,27,28)/t14-/m1/s1. The molecule has 0 saturated carbocycles. The van der Waals surface area contributed by atoms with Gasteiger partial charge in [-0.3, -0.25) is 9.78 Å². The third kappa shape index (κ3) is 3.49. The fraction of sp³-hybridized carbons (Fsp3) is 0.261. The van der Waals surface area contributed by atoms with E-state index in [0.717, 1.165) is 11.1 Å². The Hall–Kier alpha value is -3.43. The number of hydrogen-bond donors (Lipinski definition) is 1. The lowest BCUT2D eigenvalue weighted by Gasteiger charge is -2.14. The predicted molar refractivity (Wildman–Crippen MR) is 119 cm³/mol. The Balaban J connectivity index is 1.45. The summed E-state index contributed by atoms with van der Waals surface area (Å²) in [5, 5.41) is 9.91. The Kier molecular flexibility index (Phi) is 5.07. The van der Waals surface area contributed by atoms with Crippen molar-refractivity contribution in [2.75, 3.05) is 20.2 Å². The van der Waals surface area contributed by atoms with Crippen LogP contribution in [0.4, 0.5) is 0 Å².